The molecule has 0 aliphatic heterocycles. The summed E-state index contributed by atoms with van der Waals surface area (Å²) in [7, 11) is 1.35. The van der Waals surface area contributed by atoms with Gasteiger partial charge in [-0.15, -0.1) is 11.3 Å². The van der Waals surface area contributed by atoms with Crippen LogP contribution in [-0.2, 0) is 11.2 Å². The Morgan fingerprint density at radius 1 is 1.85 bits per heavy atom. The van der Waals surface area contributed by atoms with Crippen molar-refractivity contribution in [3.8, 4) is 0 Å². The molecule has 0 saturated carbocycles. The van der Waals surface area contributed by atoms with Gasteiger partial charge in [-0.25, -0.2) is 9.78 Å². The zero-order valence-corrected chi connectivity index (χ0v) is 8.43. The second kappa shape index (κ2) is 4.34. The average molecular weight is 200 g/mol. The minimum Gasteiger partial charge on any atom is -0.465 e. The molecule has 0 aromatic carbocycles. The van der Waals surface area contributed by atoms with E-state index in [1.165, 1.54) is 24.6 Å². The van der Waals surface area contributed by atoms with Crippen molar-refractivity contribution < 1.29 is 9.53 Å². The lowest BCUT2D eigenvalue weighted by atomic mass is 10.3. The number of rotatable bonds is 3. The maximum atomic E-state index is 11.0. The first-order valence-electron chi connectivity index (χ1n) is 3.92. The first-order chi connectivity index (χ1) is 6.13. The van der Waals surface area contributed by atoms with Gasteiger partial charge in [0.2, 0.25) is 0 Å². The van der Waals surface area contributed by atoms with Crippen LogP contribution in [0.3, 0.4) is 0 Å². The minimum absolute atomic E-state index is 0.0663. The third-order valence-corrected chi connectivity index (χ3v) is 2.44. The van der Waals surface area contributed by atoms with Gasteiger partial charge in [0.1, 0.15) is 4.88 Å². The van der Waals surface area contributed by atoms with Crippen LogP contribution in [0.15, 0.2) is 6.20 Å². The predicted molar refractivity (Wildman–Crippen MR) is 50.8 cm³/mol. The van der Waals surface area contributed by atoms with Crippen LogP contribution in [0.25, 0.3) is 0 Å². The number of thiazole rings is 1. The Labute approximate surface area is 80.7 Å². The van der Waals surface area contributed by atoms with Crippen LogP contribution in [0.4, 0.5) is 0 Å². The molecule has 4 nitrogen and oxygen atoms in total. The summed E-state index contributed by atoms with van der Waals surface area (Å²) in [4.78, 5) is 15.6. The first kappa shape index (κ1) is 10.1. The number of methoxy groups -OCH3 is 1. The van der Waals surface area contributed by atoms with Gasteiger partial charge < -0.3 is 10.5 Å². The number of hydrogen-bond acceptors (Lipinski definition) is 5. The maximum absolute atomic E-state index is 11.0. The fourth-order valence-corrected chi connectivity index (χ4v) is 1.85. The lowest BCUT2D eigenvalue weighted by Crippen LogP contribution is -2.17. The molecular weight excluding hydrogens is 188 g/mol. The van der Waals surface area contributed by atoms with Gasteiger partial charge in [0.25, 0.3) is 0 Å². The van der Waals surface area contributed by atoms with E-state index in [-0.39, 0.29) is 12.0 Å². The summed E-state index contributed by atoms with van der Waals surface area (Å²) in [5, 5.41) is 0.871. The maximum Gasteiger partial charge on any atom is 0.349 e. The molecule has 72 valence electrons. The highest BCUT2D eigenvalue weighted by molar-refractivity contribution is 7.13. The van der Waals surface area contributed by atoms with Crippen molar-refractivity contribution in [1.29, 1.82) is 0 Å². The molecule has 2 N–H and O–H groups in total. The molecule has 1 aromatic heterocycles. The second-order valence-corrected chi connectivity index (χ2v) is 3.91. The normalized spacial score (nSPS) is 12.5. The highest BCUT2D eigenvalue weighted by Crippen LogP contribution is 2.14. The molecule has 0 fully saturated rings. The number of ether oxygens (including phenoxy) is 1. The van der Waals surface area contributed by atoms with Crippen LogP contribution >= 0.6 is 11.3 Å². The number of esters is 1. The molecule has 1 heterocycles. The third-order valence-electron chi connectivity index (χ3n) is 1.44. The van der Waals surface area contributed by atoms with Crippen molar-refractivity contribution >= 4 is 17.3 Å². The van der Waals surface area contributed by atoms with Crippen molar-refractivity contribution in [3.63, 3.8) is 0 Å². The molecule has 1 rings (SSSR count). The van der Waals surface area contributed by atoms with E-state index in [4.69, 9.17) is 5.73 Å². The zero-order chi connectivity index (χ0) is 9.84. The quantitative estimate of drug-likeness (QED) is 0.734. The molecule has 1 atom stereocenters. The van der Waals surface area contributed by atoms with E-state index in [1.54, 1.807) is 0 Å². The molecule has 0 bridgehead atoms. The van der Waals surface area contributed by atoms with E-state index in [1.807, 2.05) is 6.92 Å². The van der Waals surface area contributed by atoms with Crippen molar-refractivity contribution in [3.05, 3.63) is 16.1 Å². The third kappa shape index (κ3) is 2.78. The molecule has 0 saturated heterocycles. The largest absolute Gasteiger partial charge is 0.465 e. The van der Waals surface area contributed by atoms with Gasteiger partial charge in [0.15, 0.2) is 0 Å². The minimum atomic E-state index is -0.339. The first-order valence-corrected chi connectivity index (χ1v) is 4.73. The van der Waals surface area contributed by atoms with Crippen molar-refractivity contribution in [1.82, 2.24) is 4.98 Å². The summed E-state index contributed by atoms with van der Waals surface area (Å²) in [6.45, 7) is 1.90. The van der Waals surface area contributed by atoms with E-state index >= 15 is 0 Å². The summed E-state index contributed by atoms with van der Waals surface area (Å²) in [5.74, 6) is -0.339. The fraction of sp³-hybridized carbons (Fsp3) is 0.500. The van der Waals surface area contributed by atoms with Crippen LogP contribution in [0.1, 0.15) is 21.6 Å². The number of aromatic nitrogens is 1. The van der Waals surface area contributed by atoms with Gasteiger partial charge >= 0.3 is 5.97 Å². The number of hydrogen-bond donors (Lipinski definition) is 1. The molecule has 0 radical (unpaired) electrons. The van der Waals surface area contributed by atoms with Crippen LogP contribution in [-0.4, -0.2) is 24.1 Å². The molecule has 13 heavy (non-hydrogen) atoms. The molecule has 5 heteroatoms. The standard InChI is InChI=1S/C8H12N2O2S/c1-5(9)3-7-10-4-6(13-7)8(11)12-2/h4-5H,3,9H2,1-2H3. The molecule has 0 amide bonds. The van der Waals surface area contributed by atoms with Gasteiger partial charge in [-0.2, -0.15) is 0 Å². The number of carbonyl (C=O) groups is 1. The summed E-state index contributed by atoms with van der Waals surface area (Å²) in [6.07, 6.45) is 2.22. The van der Waals surface area contributed by atoms with Crippen LogP contribution < -0.4 is 5.73 Å². The predicted octanol–water partition coefficient (Wildman–Crippen LogP) is 0.819. The number of nitrogens with two attached hydrogens (primary N) is 1. The Morgan fingerprint density at radius 2 is 2.54 bits per heavy atom. The Kier molecular flexibility index (Phi) is 3.39. The Hall–Kier alpha value is -0.940. The molecule has 0 aliphatic rings. The SMILES string of the molecule is COC(=O)c1cnc(CC(C)N)s1. The monoisotopic (exact) mass is 200 g/mol. The van der Waals surface area contributed by atoms with E-state index in [0.717, 1.165) is 5.01 Å². The second-order valence-electron chi connectivity index (χ2n) is 2.79. The van der Waals surface area contributed by atoms with Crippen molar-refractivity contribution in [2.45, 2.75) is 19.4 Å². The Morgan fingerprint density at radius 3 is 3.08 bits per heavy atom. The topological polar surface area (TPSA) is 65.2 Å². The highest BCUT2D eigenvalue weighted by atomic mass is 32.1. The summed E-state index contributed by atoms with van der Waals surface area (Å²) in [6, 6.07) is 0.0663. The van der Waals surface area contributed by atoms with Crippen LogP contribution in [0.2, 0.25) is 0 Å². The van der Waals surface area contributed by atoms with Gasteiger partial charge in [0, 0.05) is 12.5 Å². The lowest BCUT2D eigenvalue weighted by Gasteiger charge is -1.98. The van der Waals surface area contributed by atoms with Crippen molar-refractivity contribution in [2.24, 2.45) is 5.73 Å². The lowest BCUT2D eigenvalue weighted by molar-refractivity contribution is 0.0606. The summed E-state index contributed by atoms with van der Waals surface area (Å²) < 4.78 is 4.55. The molecular formula is C8H12N2O2S. The van der Waals surface area contributed by atoms with E-state index < -0.39 is 0 Å². The average Bonchev–Trinajstić information content (AvgIpc) is 2.50. The summed E-state index contributed by atoms with van der Waals surface area (Å²) >= 11 is 1.33. The Balaban J connectivity index is 2.69. The molecule has 1 unspecified atom stereocenters. The number of carbonyl (C=O) groups excluding carboxylic acids is 1. The van der Waals surface area contributed by atoms with Crippen LogP contribution in [0.5, 0.6) is 0 Å². The fourth-order valence-electron chi connectivity index (χ4n) is 0.875. The van der Waals surface area contributed by atoms with E-state index in [0.29, 0.717) is 11.3 Å². The highest BCUT2D eigenvalue weighted by Gasteiger charge is 2.10. The van der Waals surface area contributed by atoms with Gasteiger partial charge in [-0.05, 0) is 6.92 Å². The van der Waals surface area contributed by atoms with Gasteiger partial charge in [-0.1, -0.05) is 0 Å². The zero-order valence-electron chi connectivity index (χ0n) is 7.61. The molecule has 0 spiro atoms. The van der Waals surface area contributed by atoms with Crippen LogP contribution in [0, 0.1) is 0 Å². The van der Waals surface area contributed by atoms with Gasteiger partial charge in [-0.3, -0.25) is 0 Å². The van der Waals surface area contributed by atoms with Crippen molar-refractivity contribution in [2.75, 3.05) is 7.11 Å². The Bertz CT molecular complexity index is 296. The number of nitrogens with zero attached hydrogens (tertiary/aromatic N) is 1. The van der Waals surface area contributed by atoms with Gasteiger partial charge in [0.05, 0.1) is 18.3 Å². The smallest absolute Gasteiger partial charge is 0.349 e. The molecule has 1 aromatic rings. The van der Waals surface area contributed by atoms with E-state index in [9.17, 15) is 4.79 Å². The molecule has 0 aliphatic carbocycles. The van der Waals surface area contributed by atoms with E-state index in [2.05, 4.69) is 9.72 Å². The summed E-state index contributed by atoms with van der Waals surface area (Å²) in [5.41, 5.74) is 5.59.